The van der Waals surface area contributed by atoms with Crippen LogP contribution in [0.25, 0.3) is 22.4 Å². The maximum Gasteiger partial charge on any atom is 0.206 e. The number of nitrogens with two attached hydrogens (primary N) is 1. The van der Waals surface area contributed by atoms with Crippen LogP contribution in [0, 0.1) is 0 Å². The molecule has 4 nitrogen and oxygen atoms in total. The molecule has 5 heteroatoms. The fraction of sp³-hybridized carbons (Fsp3) is 0. The summed E-state index contributed by atoms with van der Waals surface area (Å²) in [5.41, 5.74) is 9.76. The zero-order chi connectivity index (χ0) is 14.7. The molecule has 104 valence electrons. The Hall–Kier alpha value is -2.66. The molecule has 0 fully saturated rings. The molecule has 0 atom stereocenters. The molecule has 0 radical (unpaired) electrons. The van der Waals surface area contributed by atoms with Crippen LogP contribution in [0.15, 0.2) is 60.8 Å². The molecule has 3 rings (SSSR count). The monoisotopic (exact) mass is 294 g/mol. The average molecular weight is 294 g/mol. The fourth-order valence-electron chi connectivity index (χ4n) is 2.12. The predicted molar refractivity (Wildman–Crippen MR) is 89.9 cm³/mol. The normalized spacial score (nSPS) is 10.3. The number of hydrogen-bond acceptors (Lipinski definition) is 2. The molecule has 0 bridgehead atoms. The number of anilines is 1. The molecule has 0 aliphatic carbocycles. The lowest BCUT2D eigenvalue weighted by molar-refractivity contribution is 1.30. The lowest BCUT2D eigenvalue weighted by Gasteiger charge is -2.03. The topological polar surface area (TPSA) is 66.7 Å². The van der Waals surface area contributed by atoms with E-state index in [1.54, 1.807) is 6.20 Å². The van der Waals surface area contributed by atoms with Crippen LogP contribution in [0.5, 0.6) is 0 Å². The van der Waals surface area contributed by atoms with Gasteiger partial charge >= 0.3 is 0 Å². The first kappa shape index (κ1) is 13.3. The van der Waals surface area contributed by atoms with Crippen LogP contribution in [0.3, 0.4) is 0 Å². The molecule has 0 saturated heterocycles. The summed E-state index contributed by atoms with van der Waals surface area (Å²) >= 11 is 4.78. The summed E-state index contributed by atoms with van der Waals surface area (Å²) in [5.74, 6) is 0.546. The lowest BCUT2D eigenvalue weighted by Crippen LogP contribution is -2.19. The first-order valence-corrected chi connectivity index (χ1v) is 6.90. The highest BCUT2D eigenvalue weighted by Crippen LogP contribution is 2.24. The van der Waals surface area contributed by atoms with Gasteiger partial charge < -0.3 is 16.0 Å². The third-order valence-corrected chi connectivity index (χ3v) is 3.22. The van der Waals surface area contributed by atoms with Crippen molar-refractivity contribution >= 4 is 23.3 Å². The highest BCUT2D eigenvalue weighted by atomic mass is 32.1. The van der Waals surface area contributed by atoms with E-state index in [1.807, 2.05) is 18.2 Å². The minimum absolute atomic E-state index is 0.190. The molecule has 0 spiro atoms. The number of imidazole rings is 1. The second-order valence-electron chi connectivity index (χ2n) is 4.58. The standard InChI is InChI=1S/C16H14N4S/c17-15(21)20-16-18-10-14(19-16)13-8-6-12(7-9-13)11-4-2-1-3-5-11/h1-10H,(H4,17,18,19,20,21). The van der Waals surface area contributed by atoms with Crippen molar-refractivity contribution in [2.24, 2.45) is 5.73 Å². The van der Waals surface area contributed by atoms with Gasteiger partial charge in [-0.3, -0.25) is 0 Å². The van der Waals surface area contributed by atoms with Gasteiger partial charge in [-0.15, -0.1) is 0 Å². The summed E-state index contributed by atoms with van der Waals surface area (Å²) in [5, 5.41) is 2.96. The van der Waals surface area contributed by atoms with Crippen LogP contribution in [-0.4, -0.2) is 15.1 Å². The highest BCUT2D eigenvalue weighted by molar-refractivity contribution is 7.80. The fourth-order valence-corrected chi connectivity index (χ4v) is 2.22. The molecule has 3 aromatic rings. The van der Waals surface area contributed by atoms with E-state index in [1.165, 1.54) is 11.1 Å². The number of rotatable bonds is 3. The van der Waals surface area contributed by atoms with E-state index in [4.69, 9.17) is 18.0 Å². The Labute approximate surface area is 128 Å². The van der Waals surface area contributed by atoms with Gasteiger partial charge in [0.25, 0.3) is 0 Å². The van der Waals surface area contributed by atoms with E-state index in [0.717, 1.165) is 11.3 Å². The molecule has 0 amide bonds. The van der Waals surface area contributed by atoms with E-state index in [0.29, 0.717) is 5.95 Å². The second kappa shape index (κ2) is 5.76. The van der Waals surface area contributed by atoms with Crippen molar-refractivity contribution in [3.05, 3.63) is 60.8 Å². The number of aromatic amines is 1. The Bertz CT molecular complexity index is 747. The van der Waals surface area contributed by atoms with E-state index in [-0.39, 0.29) is 5.11 Å². The average Bonchev–Trinajstić information content (AvgIpc) is 2.96. The first-order valence-electron chi connectivity index (χ1n) is 6.50. The Morgan fingerprint density at radius 2 is 1.57 bits per heavy atom. The van der Waals surface area contributed by atoms with Crippen LogP contribution in [0.4, 0.5) is 5.95 Å². The van der Waals surface area contributed by atoms with Crippen LogP contribution < -0.4 is 11.1 Å². The van der Waals surface area contributed by atoms with Crippen LogP contribution in [0.2, 0.25) is 0 Å². The third-order valence-electron chi connectivity index (χ3n) is 3.12. The van der Waals surface area contributed by atoms with Gasteiger partial charge in [0.2, 0.25) is 5.95 Å². The Morgan fingerprint density at radius 3 is 2.24 bits per heavy atom. The van der Waals surface area contributed by atoms with Gasteiger partial charge in [0.15, 0.2) is 5.11 Å². The third kappa shape index (κ3) is 3.09. The van der Waals surface area contributed by atoms with Crippen molar-refractivity contribution in [1.29, 1.82) is 0 Å². The van der Waals surface area contributed by atoms with E-state index in [9.17, 15) is 0 Å². The number of aromatic nitrogens is 2. The zero-order valence-corrected chi connectivity index (χ0v) is 12.0. The maximum absolute atomic E-state index is 5.42. The molecule has 4 N–H and O–H groups in total. The molecule has 0 saturated carbocycles. The summed E-state index contributed by atoms with van der Waals surface area (Å²) in [6.45, 7) is 0. The maximum atomic E-state index is 5.42. The first-order chi connectivity index (χ1) is 10.2. The number of nitrogens with zero attached hydrogens (tertiary/aromatic N) is 1. The highest BCUT2D eigenvalue weighted by Gasteiger charge is 2.04. The lowest BCUT2D eigenvalue weighted by atomic mass is 10.0. The van der Waals surface area contributed by atoms with E-state index < -0.39 is 0 Å². The number of nitrogens with one attached hydrogen (secondary N) is 2. The van der Waals surface area contributed by atoms with Gasteiger partial charge in [-0.2, -0.15) is 0 Å². The number of hydrogen-bond donors (Lipinski definition) is 3. The molecule has 21 heavy (non-hydrogen) atoms. The predicted octanol–water partition coefficient (Wildman–Crippen LogP) is 3.40. The van der Waals surface area contributed by atoms with Crippen molar-refractivity contribution in [2.45, 2.75) is 0 Å². The molecule has 2 aromatic carbocycles. The minimum Gasteiger partial charge on any atom is -0.376 e. The van der Waals surface area contributed by atoms with Crippen molar-refractivity contribution < 1.29 is 0 Å². The van der Waals surface area contributed by atoms with Gasteiger partial charge in [0, 0.05) is 0 Å². The molecule has 0 aliphatic heterocycles. The van der Waals surface area contributed by atoms with Crippen LogP contribution >= 0.6 is 12.2 Å². The number of thiocarbonyl (C=S) groups is 1. The van der Waals surface area contributed by atoms with Gasteiger partial charge in [-0.1, -0.05) is 54.6 Å². The second-order valence-corrected chi connectivity index (χ2v) is 5.02. The van der Waals surface area contributed by atoms with Crippen molar-refractivity contribution in [1.82, 2.24) is 9.97 Å². The Balaban J connectivity index is 1.84. The van der Waals surface area contributed by atoms with Crippen molar-refractivity contribution in [3.8, 4) is 22.4 Å². The molecular formula is C16H14N4S. The largest absolute Gasteiger partial charge is 0.376 e. The number of benzene rings is 2. The molecule has 1 heterocycles. The summed E-state index contributed by atoms with van der Waals surface area (Å²) < 4.78 is 0. The van der Waals surface area contributed by atoms with E-state index in [2.05, 4.69) is 51.7 Å². The van der Waals surface area contributed by atoms with Gasteiger partial charge in [-0.05, 0) is 28.9 Å². The molecule has 1 aromatic heterocycles. The van der Waals surface area contributed by atoms with E-state index >= 15 is 0 Å². The molecule has 0 unspecified atom stereocenters. The summed E-state index contributed by atoms with van der Waals surface area (Å²) in [6, 6.07) is 18.6. The van der Waals surface area contributed by atoms with Gasteiger partial charge in [0.1, 0.15) is 0 Å². The van der Waals surface area contributed by atoms with Crippen LogP contribution in [0.1, 0.15) is 0 Å². The van der Waals surface area contributed by atoms with Gasteiger partial charge in [0.05, 0.1) is 11.9 Å². The smallest absolute Gasteiger partial charge is 0.206 e. The summed E-state index contributed by atoms with van der Waals surface area (Å²) in [6.07, 6.45) is 1.75. The van der Waals surface area contributed by atoms with Crippen LogP contribution in [-0.2, 0) is 0 Å². The summed E-state index contributed by atoms with van der Waals surface area (Å²) in [4.78, 5) is 7.31. The Morgan fingerprint density at radius 1 is 0.952 bits per heavy atom. The Kier molecular flexibility index (Phi) is 3.66. The zero-order valence-electron chi connectivity index (χ0n) is 11.2. The number of H-pyrrole nitrogens is 1. The minimum atomic E-state index is 0.190. The molecular weight excluding hydrogens is 280 g/mol. The SMILES string of the molecule is NC(=S)Nc1ncc(-c2ccc(-c3ccccc3)cc2)[nH]1. The van der Waals surface area contributed by atoms with Gasteiger partial charge in [-0.25, -0.2) is 4.98 Å². The molecule has 0 aliphatic rings. The van der Waals surface area contributed by atoms with Crippen molar-refractivity contribution in [2.75, 3.05) is 5.32 Å². The quantitative estimate of drug-likeness (QED) is 0.648. The summed E-state index contributed by atoms with van der Waals surface area (Å²) in [7, 11) is 0. The van der Waals surface area contributed by atoms with Crippen molar-refractivity contribution in [3.63, 3.8) is 0 Å².